The van der Waals surface area contributed by atoms with Crippen molar-refractivity contribution in [3.63, 3.8) is 0 Å². The number of hydrogen-bond donors (Lipinski definition) is 2. The van der Waals surface area contributed by atoms with Crippen LogP contribution in [0, 0.1) is 0 Å². The predicted octanol–water partition coefficient (Wildman–Crippen LogP) is 3.97. The van der Waals surface area contributed by atoms with E-state index < -0.39 is 5.60 Å². The molecule has 0 aliphatic heterocycles. The van der Waals surface area contributed by atoms with E-state index in [-0.39, 0.29) is 6.09 Å². The number of amides is 1. The molecular formula is C17H28N2O2. The number of anilines is 1. The molecule has 1 rings (SSSR count). The second kappa shape index (κ2) is 8.55. The van der Waals surface area contributed by atoms with Gasteiger partial charge >= 0.3 is 6.09 Å². The quantitative estimate of drug-likeness (QED) is 0.748. The summed E-state index contributed by atoms with van der Waals surface area (Å²) >= 11 is 0. The van der Waals surface area contributed by atoms with Crippen LogP contribution >= 0.6 is 0 Å². The molecule has 0 atom stereocenters. The van der Waals surface area contributed by atoms with E-state index in [1.807, 2.05) is 26.8 Å². The van der Waals surface area contributed by atoms with E-state index in [9.17, 15) is 4.79 Å². The highest BCUT2D eigenvalue weighted by molar-refractivity contribution is 5.67. The van der Waals surface area contributed by atoms with Gasteiger partial charge in [-0.25, -0.2) is 4.79 Å². The van der Waals surface area contributed by atoms with Crippen LogP contribution in [0.3, 0.4) is 0 Å². The fourth-order valence-electron chi connectivity index (χ4n) is 2.00. The smallest absolute Gasteiger partial charge is 0.407 e. The molecule has 118 valence electrons. The zero-order valence-electron chi connectivity index (χ0n) is 13.7. The van der Waals surface area contributed by atoms with E-state index in [2.05, 4.69) is 35.8 Å². The standard InChI is InChI=1S/C17H28N2O2/c1-5-9-14-10-6-7-11-15(14)18-12-8-13-19-16(20)21-17(2,3)4/h6-7,10-11,18H,5,8-9,12-13H2,1-4H3,(H,19,20). The Morgan fingerprint density at radius 1 is 1.19 bits per heavy atom. The molecule has 0 heterocycles. The minimum absolute atomic E-state index is 0.353. The van der Waals surface area contributed by atoms with Crippen LogP contribution in [0.2, 0.25) is 0 Å². The first-order valence-electron chi connectivity index (χ1n) is 7.71. The summed E-state index contributed by atoms with van der Waals surface area (Å²) in [5.41, 5.74) is 2.10. The lowest BCUT2D eigenvalue weighted by Gasteiger charge is -2.19. The Hall–Kier alpha value is -1.71. The van der Waals surface area contributed by atoms with Gasteiger partial charge in [0.1, 0.15) is 5.60 Å². The van der Waals surface area contributed by atoms with Crippen LogP contribution in [0.5, 0.6) is 0 Å². The molecule has 1 aromatic carbocycles. The summed E-state index contributed by atoms with van der Waals surface area (Å²) in [6.45, 7) is 9.20. The number of rotatable bonds is 7. The third-order valence-electron chi connectivity index (χ3n) is 2.87. The highest BCUT2D eigenvalue weighted by atomic mass is 16.6. The summed E-state index contributed by atoms with van der Waals surface area (Å²) in [5.74, 6) is 0. The number of alkyl carbamates (subject to hydrolysis) is 1. The lowest BCUT2D eigenvalue weighted by molar-refractivity contribution is 0.0528. The van der Waals surface area contributed by atoms with E-state index in [1.54, 1.807) is 0 Å². The van der Waals surface area contributed by atoms with Gasteiger partial charge in [-0.1, -0.05) is 31.5 Å². The number of carbonyl (C=O) groups is 1. The predicted molar refractivity (Wildman–Crippen MR) is 87.8 cm³/mol. The minimum atomic E-state index is -0.443. The van der Waals surface area contributed by atoms with Gasteiger partial charge < -0.3 is 15.4 Å². The molecule has 0 saturated carbocycles. The molecule has 0 unspecified atom stereocenters. The van der Waals surface area contributed by atoms with Crippen molar-refractivity contribution >= 4 is 11.8 Å². The van der Waals surface area contributed by atoms with Crippen molar-refractivity contribution in [2.24, 2.45) is 0 Å². The lowest BCUT2D eigenvalue weighted by atomic mass is 10.1. The first-order chi connectivity index (χ1) is 9.92. The maximum atomic E-state index is 11.5. The van der Waals surface area contributed by atoms with Crippen molar-refractivity contribution in [1.29, 1.82) is 0 Å². The first kappa shape index (κ1) is 17.3. The largest absolute Gasteiger partial charge is 0.444 e. The molecule has 21 heavy (non-hydrogen) atoms. The second-order valence-corrected chi connectivity index (χ2v) is 6.12. The van der Waals surface area contributed by atoms with Gasteiger partial charge in [0.25, 0.3) is 0 Å². The summed E-state index contributed by atoms with van der Waals surface area (Å²) in [6, 6.07) is 8.37. The number of carbonyl (C=O) groups excluding carboxylic acids is 1. The van der Waals surface area contributed by atoms with Gasteiger partial charge in [0.15, 0.2) is 0 Å². The van der Waals surface area contributed by atoms with Crippen molar-refractivity contribution in [3.05, 3.63) is 29.8 Å². The van der Waals surface area contributed by atoms with Crippen LogP contribution in [0.15, 0.2) is 24.3 Å². The van der Waals surface area contributed by atoms with Gasteiger partial charge in [0.05, 0.1) is 0 Å². The molecule has 4 nitrogen and oxygen atoms in total. The molecule has 0 aromatic heterocycles. The van der Waals surface area contributed by atoms with Crippen LogP contribution in [-0.2, 0) is 11.2 Å². The zero-order valence-corrected chi connectivity index (χ0v) is 13.7. The average molecular weight is 292 g/mol. The molecule has 1 amide bonds. The third kappa shape index (κ3) is 7.59. The van der Waals surface area contributed by atoms with Crippen molar-refractivity contribution in [2.75, 3.05) is 18.4 Å². The number of para-hydroxylation sites is 1. The van der Waals surface area contributed by atoms with E-state index in [4.69, 9.17) is 4.74 Å². The fourth-order valence-corrected chi connectivity index (χ4v) is 2.00. The van der Waals surface area contributed by atoms with Crippen LogP contribution in [0.4, 0.5) is 10.5 Å². The molecule has 4 heteroatoms. The Morgan fingerprint density at radius 2 is 1.90 bits per heavy atom. The van der Waals surface area contributed by atoms with Crippen LogP contribution in [0.1, 0.15) is 46.1 Å². The topological polar surface area (TPSA) is 50.4 Å². The SMILES string of the molecule is CCCc1ccccc1NCCCNC(=O)OC(C)(C)C. The van der Waals surface area contributed by atoms with Crippen molar-refractivity contribution in [2.45, 2.75) is 52.6 Å². The van der Waals surface area contributed by atoms with Crippen molar-refractivity contribution < 1.29 is 9.53 Å². The molecule has 0 spiro atoms. The molecule has 2 N–H and O–H groups in total. The van der Waals surface area contributed by atoms with Gasteiger partial charge in [0, 0.05) is 18.8 Å². The summed E-state index contributed by atoms with van der Waals surface area (Å²) in [4.78, 5) is 11.5. The van der Waals surface area contributed by atoms with Crippen molar-refractivity contribution in [1.82, 2.24) is 5.32 Å². The summed E-state index contributed by atoms with van der Waals surface area (Å²) in [7, 11) is 0. The normalized spacial score (nSPS) is 11.0. The van der Waals surface area contributed by atoms with Gasteiger partial charge in [-0.3, -0.25) is 0 Å². The maximum Gasteiger partial charge on any atom is 0.407 e. The zero-order chi connectivity index (χ0) is 15.7. The Balaban J connectivity index is 2.24. The van der Waals surface area contributed by atoms with Crippen LogP contribution in [-0.4, -0.2) is 24.8 Å². The van der Waals surface area contributed by atoms with Gasteiger partial charge in [-0.15, -0.1) is 0 Å². The summed E-state index contributed by atoms with van der Waals surface area (Å²) in [5, 5.41) is 6.19. The second-order valence-electron chi connectivity index (χ2n) is 6.12. The molecule has 0 radical (unpaired) electrons. The number of benzene rings is 1. The van der Waals surface area contributed by atoms with Gasteiger partial charge in [-0.2, -0.15) is 0 Å². The molecule has 0 aliphatic carbocycles. The average Bonchev–Trinajstić information content (AvgIpc) is 2.38. The Bertz CT molecular complexity index is 439. The lowest BCUT2D eigenvalue weighted by Crippen LogP contribution is -2.33. The van der Waals surface area contributed by atoms with Gasteiger partial charge in [0.2, 0.25) is 0 Å². The first-order valence-corrected chi connectivity index (χ1v) is 7.71. The fraction of sp³-hybridized carbons (Fsp3) is 0.588. The maximum absolute atomic E-state index is 11.5. The molecule has 1 aromatic rings. The molecule has 0 saturated heterocycles. The minimum Gasteiger partial charge on any atom is -0.444 e. The van der Waals surface area contributed by atoms with Crippen LogP contribution in [0.25, 0.3) is 0 Å². The number of aryl methyl sites for hydroxylation is 1. The molecule has 0 aliphatic rings. The number of ether oxygens (including phenoxy) is 1. The highest BCUT2D eigenvalue weighted by Crippen LogP contribution is 2.16. The highest BCUT2D eigenvalue weighted by Gasteiger charge is 2.15. The molecule has 0 bridgehead atoms. The van der Waals surface area contributed by atoms with Gasteiger partial charge in [-0.05, 0) is 45.2 Å². The number of nitrogens with one attached hydrogen (secondary N) is 2. The monoisotopic (exact) mass is 292 g/mol. The van der Waals surface area contributed by atoms with E-state index >= 15 is 0 Å². The van der Waals surface area contributed by atoms with E-state index in [1.165, 1.54) is 11.3 Å². The van der Waals surface area contributed by atoms with Crippen molar-refractivity contribution in [3.8, 4) is 0 Å². The van der Waals surface area contributed by atoms with Crippen LogP contribution < -0.4 is 10.6 Å². The molecular weight excluding hydrogens is 264 g/mol. The van der Waals surface area contributed by atoms with E-state index in [0.717, 1.165) is 25.8 Å². The van der Waals surface area contributed by atoms with E-state index in [0.29, 0.717) is 6.54 Å². The molecule has 0 fully saturated rings. The summed E-state index contributed by atoms with van der Waals surface area (Å²) in [6.07, 6.45) is 2.73. The third-order valence-corrected chi connectivity index (χ3v) is 2.87. The Kier molecular flexibility index (Phi) is 7.06. The Labute approximate surface area is 128 Å². The number of hydrogen-bond acceptors (Lipinski definition) is 3. The summed E-state index contributed by atoms with van der Waals surface area (Å²) < 4.78 is 5.18. The Morgan fingerprint density at radius 3 is 2.57 bits per heavy atom.